The van der Waals surface area contributed by atoms with Gasteiger partial charge in [-0.25, -0.2) is 4.98 Å². The molecule has 0 spiro atoms. The summed E-state index contributed by atoms with van der Waals surface area (Å²) in [6, 6.07) is 4.32. The molecule has 0 aliphatic heterocycles. The van der Waals surface area contributed by atoms with Gasteiger partial charge in [0.2, 0.25) is 5.88 Å². The number of nitrogens with zero attached hydrogens (tertiary/aromatic N) is 2. The second-order valence-electron chi connectivity index (χ2n) is 6.72. The summed E-state index contributed by atoms with van der Waals surface area (Å²) in [5, 5.41) is 3.45. The molecule has 2 aromatic heterocycles. The summed E-state index contributed by atoms with van der Waals surface area (Å²) >= 11 is 0. The van der Waals surface area contributed by atoms with Gasteiger partial charge in [-0.15, -0.1) is 0 Å². The van der Waals surface area contributed by atoms with E-state index in [4.69, 9.17) is 9.47 Å². The first kappa shape index (κ1) is 19.2. The number of nitrogens with one attached hydrogen (secondary N) is 1. The number of hydrogen-bond donors (Lipinski definition) is 1. The van der Waals surface area contributed by atoms with Gasteiger partial charge in [-0.2, -0.15) is 0 Å². The van der Waals surface area contributed by atoms with Crippen LogP contribution in [0.3, 0.4) is 0 Å². The lowest BCUT2D eigenvalue weighted by Gasteiger charge is -2.19. The van der Waals surface area contributed by atoms with E-state index in [1.165, 1.54) is 5.56 Å². The van der Waals surface area contributed by atoms with Crippen molar-refractivity contribution in [2.75, 3.05) is 26.1 Å². The summed E-state index contributed by atoms with van der Waals surface area (Å²) in [4.78, 5) is 9.32. The second-order valence-corrected chi connectivity index (χ2v) is 6.72. The Bertz CT molecular complexity index is 729. The summed E-state index contributed by atoms with van der Waals surface area (Å²) < 4.78 is 10.7. The quantitative estimate of drug-likeness (QED) is 0.810. The van der Waals surface area contributed by atoms with Gasteiger partial charge in [-0.05, 0) is 49.9 Å². The van der Waals surface area contributed by atoms with Crippen LogP contribution in [-0.4, -0.2) is 36.8 Å². The van der Waals surface area contributed by atoms with E-state index >= 15 is 0 Å². The Hall–Kier alpha value is -2.14. The summed E-state index contributed by atoms with van der Waals surface area (Å²) in [6.45, 7) is 11.2. The standard InChI is InChI=1S/C20H29N3O2/c1-12(2)17-9-8-16(20(23-17)25-7)19-15(5)14(4)18(10-21-19)22-13(3)11-24-6/h8-10,12-13,22H,11H2,1-7H3/t13-/m0/s1. The van der Waals surface area contributed by atoms with E-state index in [0.29, 0.717) is 18.4 Å². The van der Waals surface area contributed by atoms with Crippen molar-refractivity contribution in [2.45, 2.75) is 46.6 Å². The van der Waals surface area contributed by atoms with Crippen LogP contribution in [0.2, 0.25) is 0 Å². The van der Waals surface area contributed by atoms with E-state index in [1.54, 1.807) is 14.2 Å². The fourth-order valence-corrected chi connectivity index (χ4v) is 2.79. The van der Waals surface area contributed by atoms with Crippen molar-refractivity contribution in [2.24, 2.45) is 0 Å². The molecule has 0 aliphatic rings. The molecule has 2 heterocycles. The average Bonchev–Trinajstić information content (AvgIpc) is 2.59. The first-order valence-corrected chi connectivity index (χ1v) is 8.66. The molecule has 0 radical (unpaired) electrons. The van der Waals surface area contributed by atoms with Crippen molar-refractivity contribution in [3.05, 3.63) is 35.2 Å². The third-order valence-electron chi connectivity index (χ3n) is 4.38. The fourth-order valence-electron chi connectivity index (χ4n) is 2.79. The van der Waals surface area contributed by atoms with Gasteiger partial charge in [-0.1, -0.05) is 13.8 Å². The smallest absolute Gasteiger partial charge is 0.222 e. The molecule has 0 fully saturated rings. The number of rotatable bonds is 7. The lowest BCUT2D eigenvalue weighted by molar-refractivity contribution is 0.190. The van der Waals surface area contributed by atoms with E-state index in [-0.39, 0.29) is 6.04 Å². The minimum absolute atomic E-state index is 0.220. The Balaban J connectivity index is 2.42. The normalized spacial score (nSPS) is 12.3. The highest BCUT2D eigenvalue weighted by Crippen LogP contribution is 2.33. The van der Waals surface area contributed by atoms with Crippen molar-refractivity contribution in [1.82, 2.24) is 9.97 Å². The summed E-state index contributed by atoms with van der Waals surface area (Å²) in [5.41, 5.74) is 6.15. The number of aromatic nitrogens is 2. The van der Waals surface area contributed by atoms with Crippen LogP contribution in [0.15, 0.2) is 18.3 Å². The van der Waals surface area contributed by atoms with E-state index < -0.39 is 0 Å². The molecule has 0 unspecified atom stereocenters. The number of pyridine rings is 2. The number of ether oxygens (including phenoxy) is 2. The maximum atomic E-state index is 5.53. The van der Waals surface area contributed by atoms with Gasteiger partial charge in [-0.3, -0.25) is 4.98 Å². The molecule has 1 N–H and O–H groups in total. The van der Waals surface area contributed by atoms with Crippen LogP contribution in [0, 0.1) is 13.8 Å². The first-order chi connectivity index (χ1) is 11.9. The van der Waals surface area contributed by atoms with Crippen LogP contribution in [0.4, 0.5) is 5.69 Å². The van der Waals surface area contributed by atoms with Gasteiger partial charge < -0.3 is 14.8 Å². The zero-order valence-corrected chi connectivity index (χ0v) is 16.3. The predicted octanol–water partition coefficient (Wildman–Crippen LogP) is 4.34. The number of anilines is 1. The molecule has 136 valence electrons. The molecule has 1 atom stereocenters. The van der Waals surface area contributed by atoms with Crippen LogP contribution in [-0.2, 0) is 4.74 Å². The Morgan fingerprint density at radius 1 is 1.08 bits per heavy atom. The summed E-state index contributed by atoms with van der Waals surface area (Å²) in [7, 11) is 3.36. The molecule has 0 saturated heterocycles. The average molecular weight is 343 g/mol. The Kier molecular flexibility index (Phi) is 6.37. The Morgan fingerprint density at radius 3 is 2.40 bits per heavy atom. The zero-order valence-electron chi connectivity index (χ0n) is 16.3. The van der Waals surface area contributed by atoms with Crippen molar-refractivity contribution in [3.63, 3.8) is 0 Å². The SMILES string of the molecule is COC[C@H](C)Nc1cnc(-c2ccc(C(C)C)nc2OC)c(C)c1C. The van der Waals surface area contributed by atoms with Gasteiger partial charge in [0.15, 0.2) is 0 Å². The predicted molar refractivity (Wildman–Crippen MR) is 103 cm³/mol. The molecule has 5 heteroatoms. The molecule has 0 aliphatic carbocycles. The largest absolute Gasteiger partial charge is 0.480 e. The minimum atomic E-state index is 0.220. The van der Waals surface area contributed by atoms with E-state index in [2.05, 4.69) is 56.0 Å². The van der Waals surface area contributed by atoms with Crippen molar-refractivity contribution >= 4 is 5.69 Å². The van der Waals surface area contributed by atoms with Gasteiger partial charge in [0, 0.05) is 18.8 Å². The minimum Gasteiger partial charge on any atom is -0.480 e. The fraction of sp³-hybridized carbons (Fsp3) is 0.500. The van der Waals surface area contributed by atoms with Crippen molar-refractivity contribution in [1.29, 1.82) is 0 Å². The Labute approximate surface area is 150 Å². The first-order valence-electron chi connectivity index (χ1n) is 8.66. The van der Waals surface area contributed by atoms with Gasteiger partial charge in [0.1, 0.15) is 0 Å². The monoisotopic (exact) mass is 343 g/mol. The molecule has 0 aromatic carbocycles. The van der Waals surface area contributed by atoms with Crippen LogP contribution < -0.4 is 10.1 Å². The van der Waals surface area contributed by atoms with Crippen molar-refractivity contribution in [3.8, 4) is 17.1 Å². The maximum Gasteiger partial charge on any atom is 0.222 e. The van der Waals surface area contributed by atoms with Crippen LogP contribution >= 0.6 is 0 Å². The van der Waals surface area contributed by atoms with Gasteiger partial charge >= 0.3 is 0 Å². The topological polar surface area (TPSA) is 56.3 Å². The molecule has 0 amide bonds. The highest BCUT2D eigenvalue weighted by Gasteiger charge is 2.16. The molecule has 5 nitrogen and oxygen atoms in total. The molecule has 2 rings (SSSR count). The van der Waals surface area contributed by atoms with Crippen LogP contribution in [0.5, 0.6) is 5.88 Å². The van der Waals surface area contributed by atoms with E-state index in [0.717, 1.165) is 28.2 Å². The molecular formula is C20H29N3O2. The second kappa shape index (κ2) is 8.30. The maximum absolute atomic E-state index is 5.53. The highest BCUT2D eigenvalue weighted by atomic mass is 16.5. The lowest BCUT2D eigenvalue weighted by Crippen LogP contribution is -2.21. The molecule has 0 saturated carbocycles. The number of hydrogen-bond acceptors (Lipinski definition) is 5. The van der Waals surface area contributed by atoms with E-state index in [9.17, 15) is 0 Å². The molecule has 2 aromatic rings. The summed E-state index contributed by atoms with van der Waals surface area (Å²) in [5.74, 6) is 0.974. The van der Waals surface area contributed by atoms with Crippen LogP contribution in [0.25, 0.3) is 11.3 Å². The van der Waals surface area contributed by atoms with E-state index in [1.807, 2.05) is 12.3 Å². The lowest BCUT2D eigenvalue weighted by atomic mass is 10.0. The number of methoxy groups -OCH3 is 2. The molecule has 0 bridgehead atoms. The van der Waals surface area contributed by atoms with Crippen molar-refractivity contribution < 1.29 is 9.47 Å². The van der Waals surface area contributed by atoms with Crippen LogP contribution in [0.1, 0.15) is 43.5 Å². The third kappa shape index (κ3) is 4.28. The van der Waals surface area contributed by atoms with Gasteiger partial charge in [0.05, 0.1) is 36.9 Å². The zero-order chi connectivity index (χ0) is 18.6. The third-order valence-corrected chi connectivity index (χ3v) is 4.38. The summed E-state index contributed by atoms with van der Waals surface area (Å²) in [6.07, 6.45) is 1.87. The molecular weight excluding hydrogens is 314 g/mol. The Morgan fingerprint density at radius 2 is 1.80 bits per heavy atom. The highest BCUT2D eigenvalue weighted by molar-refractivity contribution is 5.72. The van der Waals surface area contributed by atoms with Gasteiger partial charge in [0.25, 0.3) is 0 Å². The molecule has 25 heavy (non-hydrogen) atoms.